The number of rotatable bonds is 1. The van der Waals surface area contributed by atoms with Crippen LogP contribution in [0.2, 0.25) is 0 Å². The number of thiophene rings is 1. The molecule has 1 amide bonds. The second-order valence-electron chi connectivity index (χ2n) is 6.36. The minimum absolute atomic E-state index is 0.0147. The third-order valence-corrected chi connectivity index (χ3v) is 4.74. The molecule has 0 bridgehead atoms. The van der Waals surface area contributed by atoms with Crippen molar-refractivity contribution >= 4 is 17.4 Å². The standard InChI is InChI=1S/C15H22FNO2S/c1-9-13(16)11-8-10(6-7-12(11)20-9)17(5)14(18)19-15(2,3)4/h10H,6-8H2,1-5H3. The lowest BCUT2D eigenvalue weighted by atomic mass is 9.93. The Bertz CT molecular complexity index is 519. The van der Waals surface area contributed by atoms with Gasteiger partial charge in [-0.05, 0) is 47.0 Å². The fourth-order valence-electron chi connectivity index (χ4n) is 2.48. The van der Waals surface area contributed by atoms with Crippen molar-refractivity contribution in [2.75, 3.05) is 7.05 Å². The summed E-state index contributed by atoms with van der Waals surface area (Å²) in [5.74, 6) is -0.0905. The predicted molar refractivity (Wildman–Crippen MR) is 78.8 cm³/mol. The molecule has 2 rings (SSSR count). The maximum atomic E-state index is 14.0. The van der Waals surface area contributed by atoms with Crippen LogP contribution in [0, 0.1) is 12.7 Å². The number of fused-ring (bicyclic) bond motifs is 1. The molecule has 1 aromatic heterocycles. The molecule has 0 N–H and O–H groups in total. The molecule has 0 spiro atoms. The quantitative estimate of drug-likeness (QED) is 0.786. The summed E-state index contributed by atoms with van der Waals surface area (Å²) in [6.45, 7) is 7.35. The minimum Gasteiger partial charge on any atom is -0.444 e. The second kappa shape index (κ2) is 5.35. The predicted octanol–water partition coefficient (Wildman–Crippen LogP) is 3.92. The van der Waals surface area contributed by atoms with Crippen LogP contribution < -0.4 is 0 Å². The number of likely N-dealkylation sites (N-methyl/N-ethyl adjacent to an activating group) is 1. The molecule has 5 heteroatoms. The van der Waals surface area contributed by atoms with Crippen molar-refractivity contribution in [1.82, 2.24) is 4.90 Å². The number of ether oxygens (including phenoxy) is 1. The van der Waals surface area contributed by atoms with Gasteiger partial charge in [-0.3, -0.25) is 0 Å². The molecule has 1 aliphatic rings. The van der Waals surface area contributed by atoms with Gasteiger partial charge in [0, 0.05) is 28.4 Å². The summed E-state index contributed by atoms with van der Waals surface area (Å²) in [6, 6.07) is 0.0147. The lowest BCUT2D eigenvalue weighted by Gasteiger charge is -2.32. The summed E-state index contributed by atoms with van der Waals surface area (Å²) in [5, 5.41) is 0. The van der Waals surface area contributed by atoms with Crippen LogP contribution in [-0.2, 0) is 17.6 Å². The Morgan fingerprint density at radius 2 is 2.10 bits per heavy atom. The zero-order chi connectivity index (χ0) is 15.1. The number of carbonyl (C=O) groups is 1. The molecule has 0 saturated carbocycles. The van der Waals surface area contributed by atoms with E-state index >= 15 is 0 Å². The van der Waals surface area contributed by atoms with E-state index in [9.17, 15) is 9.18 Å². The van der Waals surface area contributed by atoms with Crippen LogP contribution in [0.5, 0.6) is 0 Å². The van der Waals surface area contributed by atoms with Crippen LogP contribution in [-0.4, -0.2) is 29.7 Å². The molecule has 0 radical (unpaired) electrons. The van der Waals surface area contributed by atoms with Crippen LogP contribution in [0.1, 0.15) is 42.5 Å². The third-order valence-electron chi connectivity index (χ3n) is 3.56. The number of hydrogen-bond donors (Lipinski definition) is 0. The van der Waals surface area contributed by atoms with E-state index in [2.05, 4.69) is 0 Å². The first-order valence-electron chi connectivity index (χ1n) is 6.91. The van der Waals surface area contributed by atoms with Crippen molar-refractivity contribution in [3.8, 4) is 0 Å². The smallest absolute Gasteiger partial charge is 0.410 e. The molecule has 3 nitrogen and oxygen atoms in total. The fraction of sp³-hybridized carbons (Fsp3) is 0.667. The second-order valence-corrected chi connectivity index (χ2v) is 7.67. The Hall–Kier alpha value is -1.10. The summed E-state index contributed by atoms with van der Waals surface area (Å²) >= 11 is 1.54. The normalized spacial score (nSPS) is 18.6. The highest BCUT2D eigenvalue weighted by Crippen LogP contribution is 2.34. The molecular formula is C15H22FNO2S. The molecule has 20 heavy (non-hydrogen) atoms. The average Bonchev–Trinajstić information content (AvgIpc) is 2.62. The van der Waals surface area contributed by atoms with Crippen LogP contribution >= 0.6 is 11.3 Å². The number of amides is 1. The Labute approximate surface area is 123 Å². The highest BCUT2D eigenvalue weighted by molar-refractivity contribution is 7.12. The summed E-state index contributed by atoms with van der Waals surface area (Å²) in [7, 11) is 1.74. The van der Waals surface area contributed by atoms with Crippen molar-refractivity contribution in [1.29, 1.82) is 0 Å². The summed E-state index contributed by atoms with van der Waals surface area (Å²) in [4.78, 5) is 15.6. The first kappa shape index (κ1) is 15.3. The van der Waals surface area contributed by atoms with E-state index in [1.807, 2.05) is 27.7 Å². The van der Waals surface area contributed by atoms with Crippen LogP contribution in [0.3, 0.4) is 0 Å². The first-order valence-corrected chi connectivity index (χ1v) is 7.73. The van der Waals surface area contributed by atoms with Crippen molar-refractivity contribution < 1.29 is 13.9 Å². The van der Waals surface area contributed by atoms with Gasteiger partial charge in [-0.15, -0.1) is 11.3 Å². The van der Waals surface area contributed by atoms with E-state index in [4.69, 9.17) is 4.74 Å². The summed E-state index contributed by atoms with van der Waals surface area (Å²) in [5.41, 5.74) is 0.286. The van der Waals surface area contributed by atoms with E-state index in [1.165, 1.54) is 11.3 Å². The minimum atomic E-state index is -0.505. The molecule has 1 aliphatic carbocycles. The van der Waals surface area contributed by atoms with E-state index in [0.29, 0.717) is 6.42 Å². The summed E-state index contributed by atoms with van der Waals surface area (Å²) < 4.78 is 19.4. The maximum Gasteiger partial charge on any atom is 0.410 e. The van der Waals surface area contributed by atoms with Gasteiger partial charge in [0.25, 0.3) is 0 Å². The molecule has 1 aromatic rings. The van der Waals surface area contributed by atoms with E-state index in [1.54, 1.807) is 11.9 Å². The molecule has 1 unspecified atom stereocenters. The molecule has 0 saturated heterocycles. The van der Waals surface area contributed by atoms with Gasteiger partial charge < -0.3 is 9.64 Å². The third kappa shape index (κ3) is 3.14. The SMILES string of the molecule is Cc1sc2c(c1F)CC(N(C)C(=O)OC(C)(C)C)CC2. The highest BCUT2D eigenvalue weighted by atomic mass is 32.1. The first-order chi connectivity index (χ1) is 9.19. The van der Waals surface area contributed by atoms with Crippen molar-refractivity contribution in [2.45, 2.75) is 58.6 Å². The van der Waals surface area contributed by atoms with Gasteiger partial charge in [0.15, 0.2) is 0 Å². The Balaban J connectivity index is 2.08. The zero-order valence-corrected chi connectivity index (χ0v) is 13.6. The zero-order valence-electron chi connectivity index (χ0n) is 12.7. The van der Waals surface area contributed by atoms with Gasteiger partial charge in [0.2, 0.25) is 0 Å². The number of nitrogens with zero attached hydrogens (tertiary/aromatic N) is 1. The lowest BCUT2D eigenvalue weighted by molar-refractivity contribution is 0.0209. The molecule has 0 aromatic carbocycles. The molecule has 1 heterocycles. The lowest BCUT2D eigenvalue weighted by Crippen LogP contribution is -2.43. The van der Waals surface area contributed by atoms with Crippen LogP contribution in [0.25, 0.3) is 0 Å². The van der Waals surface area contributed by atoms with E-state index in [-0.39, 0.29) is 18.0 Å². The number of carbonyl (C=O) groups excluding carboxylic acids is 1. The molecule has 0 fully saturated rings. The van der Waals surface area contributed by atoms with Crippen molar-refractivity contribution in [3.05, 3.63) is 21.1 Å². The monoisotopic (exact) mass is 299 g/mol. The van der Waals surface area contributed by atoms with E-state index in [0.717, 1.165) is 28.2 Å². The largest absolute Gasteiger partial charge is 0.444 e. The van der Waals surface area contributed by atoms with Crippen LogP contribution in [0.15, 0.2) is 0 Å². The maximum absolute atomic E-state index is 14.0. The fourth-order valence-corrected chi connectivity index (χ4v) is 3.58. The van der Waals surface area contributed by atoms with Crippen LogP contribution in [0.4, 0.5) is 9.18 Å². The number of halogens is 1. The molecule has 112 valence electrons. The average molecular weight is 299 g/mol. The van der Waals surface area contributed by atoms with Crippen molar-refractivity contribution in [2.24, 2.45) is 0 Å². The summed E-state index contributed by atoms with van der Waals surface area (Å²) in [6.07, 6.45) is 1.95. The van der Waals surface area contributed by atoms with Gasteiger partial charge in [-0.1, -0.05) is 0 Å². The Kier molecular flexibility index (Phi) is 4.09. The van der Waals surface area contributed by atoms with Gasteiger partial charge in [0.1, 0.15) is 11.4 Å². The topological polar surface area (TPSA) is 29.5 Å². The molecular weight excluding hydrogens is 277 g/mol. The van der Waals surface area contributed by atoms with Gasteiger partial charge in [0.05, 0.1) is 0 Å². The van der Waals surface area contributed by atoms with Gasteiger partial charge >= 0.3 is 6.09 Å². The van der Waals surface area contributed by atoms with Crippen molar-refractivity contribution in [3.63, 3.8) is 0 Å². The highest BCUT2D eigenvalue weighted by Gasteiger charge is 2.31. The Morgan fingerprint density at radius 3 is 2.70 bits per heavy atom. The van der Waals surface area contributed by atoms with Gasteiger partial charge in [-0.25, -0.2) is 9.18 Å². The molecule has 1 atom stereocenters. The Morgan fingerprint density at radius 1 is 1.45 bits per heavy atom. The van der Waals surface area contributed by atoms with E-state index < -0.39 is 5.60 Å². The number of hydrogen-bond acceptors (Lipinski definition) is 3. The number of aryl methyl sites for hydroxylation is 2. The molecule has 0 aliphatic heterocycles. The van der Waals surface area contributed by atoms with Gasteiger partial charge in [-0.2, -0.15) is 0 Å².